The summed E-state index contributed by atoms with van der Waals surface area (Å²) in [6.45, 7) is 15.8. The molecule has 0 aliphatic rings. The van der Waals surface area contributed by atoms with E-state index in [0.717, 1.165) is 5.76 Å². The predicted molar refractivity (Wildman–Crippen MR) is 69.8 cm³/mol. The van der Waals surface area contributed by atoms with E-state index in [9.17, 15) is 0 Å². The summed E-state index contributed by atoms with van der Waals surface area (Å²) in [6.07, 6.45) is 1.92. The van der Waals surface area contributed by atoms with Crippen LogP contribution in [-0.2, 0) is 0 Å². The first-order valence-electron chi connectivity index (χ1n) is 6.31. The van der Waals surface area contributed by atoms with E-state index in [2.05, 4.69) is 54.5 Å². The van der Waals surface area contributed by atoms with E-state index in [0.29, 0.717) is 17.8 Å². The minimum atomic E-state index is 0.250. The highest BCUT2D eigenvalue weighted by molar-refractivity contribution is 5.20. The molecular weight excluding hydrogens is 196 g/mol. The molecule has 0 saturated heterocycles. The van der Waals surface area contributed by atoms with Gasteiger partial charge in [0.15, 0.2) is 0 Å². The molecule has 0 bridgehead atoms. The lowest BCUT2D eigenvalue weighted by Crippen LogP contribution is -2.22. The van der Waals surface area contributed by atoms with Gasteiger partial charge in [-0.2, -0.15) is 0 Å². The maximum Gasteiger partial charge on any atom is 0.107 e. The Morgan fingerprint density at radius 2 is 1.62 bits per heavy atom. The van der Waals surface area contributed by atoms with Crippen molar-refractivity contribution in [2.24, 2.45) is 11.3 Å². The topological polar surface area (TPSA) is 13.1 Å². The number of rotatable bonds is 3. The molecule has 0 radical (unpaired) electrons. The van der Waals surface area contributed by atoms with Gasteiger partial charge < -0.3 is 4.42 Å². The lowest BCUT2D eigenvalue weighted by molar-refractivity contribution is 0.224. The maximum absolute atomic E-state index is 5.78. The highest BCUT2D eigenvalue weighted by atomic mass is 16.3. The fourth-order valence-electron chi connectivity index (χ4n) is 2.59. The van der Waals surface area contributed by atoms with Crippen molar-refractivity contribution < 1.29 is 4.42 Å². The summed E-state index contributed by atoms with van der Waals surface area (Å²) in [6, 6.07) is 2.24. The molecule has 1 aromatic heterocycles. The Balaban J connectivity index is 3.03. The molecule has 1 heteroatoms. The first-order valence-corrected chi connectivity index (χ1v) is 6.31. The van der Waals surface area contributed by atoms with Gasteiger partial charge in [-0.1, -0.05) is 48.5 Å². The van der Waals surface area contributed by atoms with Gasteiger partial charge in [-0.3, -0.25) is 0 Å². The molecule has 1 aromatic rings. The van der Waals surface area contributed by atoms with Gasteiger partial charge in [-0.05, 0) is 28.9 Å². The van der Waals surface area contributed by atoms with Crippen LogP contribution in [0.25, 0.3) is 0 Å². The van der Waals surface area contributed by atoms with Crippen LogP contribution >= 0.6 is 0 Å². The fraction of sp³-hybridized carbons (Fsp3) is 0.733. The van der Waals surface area contributed by atoms with E-state index in [1.165, 1.54) is 5.56 Å². The third-order valence-corrected chi connectivity index (χ3v) is 3.21. The third-order valence-electron chi connectivity index (χ3n) is 3.21. The molecule has 92 valence electrons. The van der Waals surface area contributed by atoms with E-state index in [1.54, 1.807) is 0 Å². The van der Waals surface area contributed by atoms with Gasteiger partial charge in [-0.15, -0.1) is 0 Å². The summed E-state index contributed by atoms with van der Waals surface area (Å²) in [7, 11) is 0. The average molecular weight is 222 g/mol. The summed E-state index contributed by atoms with van der Waals surface area (Å²) >= 11 is 0. The van der Waals surface area contributed by atoms with Crippen molar-refractivity contribution in [2.45, 2.75) is 60.3 Å². The SMILES string of the molecule is CC(C)c1coc([C@H](C(C)C)C(C)(C)C)c1. The zero-order chi connectivity index (χ0) is 12.5. The minimum Gasteiger partial charge on any atom is -0.469 e. The Labute approximate surface area is 100 Å². The molecule has 0 spiro atoms. The second-order valence-electron chi connectivity index (χ2n) is 6.52. The first-order chi connectivity index (χ1) is 7.23. The largest absolute Gasteiger partial charge is 0.469 e. The molecule has 0 saturated carbocycles. The Kier molecular flexibility index (Phi) is 3.88. The van der Waals surface area contributed by atoms with Crippen LogP contribution in [0.4, 0.5) is 0 Å². The Hall–Kier alpha value is -0.720. The van der Waals surface area contributed by atoms with Crippen LogP contribution in [0, 0.1) is 11.3 Å². The van der Waals surface area contributed by atoms with Crippen LogP contribution in [0.15, 0.2) is 16.7 Å². The van der Waals surface area contributed by atoms with Crippen LogP contribution < -0.4 is 0 Å². The molecule has 1 nitrogen and oxygen atoms in total. The molecular formula is C15H26O. The van der Waals surface area contributed by atoms with Crippen molar-refractivity contribution in [3.05, 3.63) is 23.7 Å². The van der Waals surface area contributed by atoms with E-state index in [4.69, 9.17) is 4.42 Å². The van der Waals surface area contributed by atoms with Crippen LogP contribution in [0.1, 0.15) is 71.6 Å². The third kappa shape index (κ3) is 2.90. The van der Waals surface area contributed by atoms with Gasteiger partial charge in [0.2, 0.25) is 0 Å². The van der Waals surface area contributed by atoms with Gasteiger partial charge in [0, 0.05) is 5.92 Å². The summed E-state index contributed by atoms with van der Waals surface area (Å²) in [5, 5.41) is 0. The van der Waals surface area contributed by atoms with E-state index < -0.39 is 0 Å². The average Bonchev–Trinajstić information content (AvgIpc) is 2.49. The fourth-order valence-corrected chi connectivity index (χ4v) is 2.59. The zero-order valence-corrected chi connectivity index (χ0v) is 11.8. The minimum absolute atomic E-state index is 0.250. The number of hydrogen-bond acceptors (Lipinski definition) is 1. The highest BCUT2D eigenvalue weighted by Gasteiger charge is 2.31. The van der Waals surface area contributed by atoms with Gasteiger partial charge in [0.05, 0.1) is 6.26 Å². The molecule has 0 N–H and O–H groups in total. The Morgan fingerprint density at radius 3 is 1.94 bits per heavy atom. The van der Waals surface area contributed by atoms with E-state index >= 15 is 0 Å². The zero-order valence-electron chi connectivity index (χ0n) is 11.8. The summed E-state index contributed by atoms with van der Waals surface area (Å²) in [5.74, 6) is 2.78. The van der Waals surface area contributed by atoms with Gasteiger partial charge >= 0.3 is 0 Å². The summed E-state index contributed by atoms with van der Waals surface area (Å²) < 4.78 is 5.78. The van der Waals surface area contributed by atoms with Gasteiger partial charge in [-0.25, -0.2) is 0 Å². The molecule has 0 unspecified atom stereocenters. The van der Waals surface area contributed by atoms with Crippen molar-refractivity contribution in [3.63, 3.8) is 0 Å². The van der Waals surface area contributed by atoms with Crippen molar-refractivity contribution >= 4 is 0 Å². The summed E-state index contributed by atoms with van der Waals surface area (Å²) in [4.78, 5) is 0. The standard InChI is InChI=1S/C15H26O/c1-10(2)12-8-13(16-9-12)14(11(3)4)15(5,6)7/h8-11,14H,1-7H3/t14-/m0/s1. The molecule has 0 aliphatic heterocycles. The number of furan rings is 1. The van der Waals surface area contributed by atoms with E-state index in [-0.39, 0.29) is 5.41 Å². The monoisotopic (exact) mass is 222 g/mol. The summed E-state index contributed by atoms with van der Waals surface area (Å²) in [5.41, 5.74) is 1.56. The normalized spacial score (nSPS) is 14.8. The van der Waals surface area contributed by atoms with Crippen molar-refractivity contribution in [3.8, 4) is 0 Å². The second-order valence-corrected chi connectivity index (χ2v) is 6.52. The van der Waals surface area contributed by atoms with Gasteiger partial charge in [0.25, 0.3) is 0 Å². The highest BCUT2D eigenvalue weighted by Crippen LogP contribution is 2.41. The Morgan fingerprint density at radius 1 is 1.06 bits per heavy atom. The van der Waals surface area contributed by atoms with Crippen LogP contribution in [0.3, 0.4) is 0 Å². The molecule has 1 atom stereocenters. The molecule has 16 heavy (non-hydrogen) atoms. The van der Waals surface area contributed by atoms with Crippen molar-refractivity contribution in [2.75, 3.05) is 0 Å². The quantitative estimate of drug-likeness (QED) is 0.686. The molecule has 0 fully saturated rings. The first kappa shape index (κ1) is 13.3. The second kappa shape index (κ2) is 4.65. The van der Waals surface area contributed by atoms with Crippen LogP contribution in [0.5, 0.6) is 0 Å². The molecule has 0 amide bonds. The van der Waals surface area contributed by atoms with Crippen molar-refractivity contribution in [1.29, 1.82) is 0 Å². The van der Waals surface area contributed by atoms with Crippen molar-refractivity contribution in [1.82, 2.24) is 0 Å². The van der Waals surface area contributed by atoms with Gasteiger partial charge in [0.1, 0.15) is 5.76 Å². The van der Waals surface area contributed by atoms with Crippen LogP contribution in [-0.4, -0.2) is 0 Å². The van der Waals surface area contributed by atoms with Crippen LogP contribution in [0.2, 0.25) is 0 Å². The lowest BCUT2D eigenvalue weighted by Gasteiger charge is -2.32. The van der Waals surface area contributed by atoms with E-state index in [1.807, 2.05) is 6.26 Å². The molecule has 0 aromatic carbocycles. The lowest BCUT2D eigenvalue weighted by atomic mass is 9.73. The number of hydrogen-bond donors (Lipinski definition) is 0. The predicted octanol–water partition coefficient (Wildman–Crippen LogP) is 5.19. The Bertz CT molecular complexity index is 325. The smallest absolute Gasteiger partial charge is 0.107 e. The molecule has 1 rings (SSSR count). The molecule has 1 heterocycles. The maximum atomic E-state index is 5.78. The molecule has 0 aliphatic carbocycles.